The van der Waals surface area contributed by atoms with Crippen molar-refractivity contribution >= 4 is 11.8 Å². The van der Waals surface area contributed by atoms with Crippen LogP contribution in [0.3, 0.4) is 0 Å². The summed E-state index contributed by atoms with van der Waals surface area (Å²) in [5, 5.41) is 17.4. The van der Waals surface area contributed by atoms with E-state index in [-0.39, 0.29) is 11.7 Å². The van der Waals surface area contributed by atoms with Gasteiger partial charge in [-0.15, -0.1) is 20.4 Å². The molecule has 2 aromatic heterocycles. The molecule has 0 radical (unpaired) electrons. The van der Waals surface area contributed by atoms with Gasteiger partial charge in [0.25, 0.3) is 0 Å². The minimum Gasteiger partial charge on any atom is -0.424 e. The molecular formula is C21H20FN5OS. The number of benzene rings is 2. The predicted octanol–water partition coefficient (Wildman–Crippen LogP) is 5.18. The normalized spacial score (nSPS) is 11.3. The highest BCUT2D eigenvalue weighted by molar-refractivity contribution is 7.98. The topological polar surface area (TPSA) is 69.6 Å². The van der Waals surface area contributed by atoms with Crippen molar-refractivity contribution in [3.05, 3.63) is 71.7 Å². The number of hydrogen-bond acceptors (Lipinski definition) is 6. The second-order valence-corrected chi connectivity index (χ2v) is 7.88. The molecule has 148 valence electrons. The zero-order chi connectivity index (χ0) is 20.4. The summed E-state index contributed by atoms with van der Waals surface area (Å²) in [6.07, 6.45) is 0. The lowest BCUT2D eigenvalue weighted by molar-refractivity contribution is 0.445. The van der Waals surface area contributed by atoms with Gasteiger partial charge in [-0.25, -0.2) is 4.39 Å². The van der Waals surface area contributed by atoms with Gasteiger partial charge in [0.2, 0.25) is 11.8 Å². The predicted molar refractivity (Wildman–Crippen MR) is 109 cm³/mol. The summed E-state index contributed by atoms with van der Waals surface area (Å²) in [6, 6.07) is 14.5. The Bertz CT molecular complexity index is 1120. The minimum atomic E-state index is -0.344. The van der Waals surface area contributed by atoms with Crippen LogP contribution in [0, 0.1) is 12.7 Å². The van der Waals surface area contributed by atoms with E-state index in [4.69, 9.17) is 4.42 Å². The summed E-state index contributed by atoms with van der Waals surface area (Å²) in [7, 11) is 0. The molecule has 0 aliphatic carbocycles. The van der Waals surface area contributed by atoms with E-state index in [2.05, 4.69) is 20.4 Å². The van der Waals surface area contributed by atoms with E-state index in [1.807, 2.05) is 49.6 Å². The van der Waals surface area contributed by atoms with Crippen LogP contribution in [0.5, 0.6) is 0 Å². The van der Waals surface area contributed by atoms with E-state index in [1.165, 1.54) is 17.8 Å². The van der Waals surface area contributed by atoms with Crippen molar-refractivity contribution < 1.29 is 8.81 Å². The van der Waals surface area contributed by atoms with Crippen molar-refractivity contribution in [1.82, 2.24) is 25.0 Å². The number of aromatic nitrogens is 5. The molecule has 4 aromatic rings. The third-order valence-electron chi connectivity index (χ3n) is 4.34. The van der Waals surface area contributed by atoms with Crippen LogP contribution < -0.4 is 0 Å². The summed E-state index contributed by atoms with van der Waals surface area (Å²) in [5.74, 6) is 1.84. The first-order chi connectivity index (χ1) is 14.0. The lowest BCUT2D eigenvalue weighted by atomic mass is 10.2. The molecule has 0 saturated heterocycles. The Labute approximate surface area is 172 Å². The molecule has 29 heavy (non-hydrogen) atoms. The van der Waals surface area contributed by atoms with Gasteiger partial charge in [-0.1, -0.05) is 55.4 Å². The van der Waals surface area contributed by atoms with Crippen molar-refractivity contribution in [2.24, 2.45) is 0 Å². The summed E-state index contributed by atoms with van der Waals surface area (Å²) in [4.78, 5) is 0. The molecule has 2 heterocycles. The van der Waals surface area contributed by atoms with E-state index >= 15 is 0 Å². The molecule has 0 atom stereocenters. The van der Waals surface area contributed by atoms with Crippen molar-refractivity contribution in [3.8, 4) is 17.1 Å². The Balaban J connectivity index is 1.71. The summed E-state index contributed by atoms with van der Waals surface area (Å²) in [5.41, 5.74) is 2.39. The van der Waals surface area contributed by atoms with Crippen molar-refractivity contribution in [2.75, 3.05) is 0 Å². The second kappa shape index (κ2) is 8.16. The molecule has 0 N–H and O–H groups in total. The molecule has 4 rings (SSSR count). The van der Waals surface area contributed by atoms with Crippen molar-refractivity contribution in [3.63, 3.8) is 0 Å². The lowest BCUT2D eigenvalue weighted by Crippen LogP contribution is -2.01. The number of hydrogen-bond donors (Lipinski definition) is 0. The van der Waals surface area contributed by atoms with Gasteiger partial charge in [0.1, 0.15) is 5.82 Å². The zero-order valence-corrected chi connectivity index (χ0v) is 17.2. The average molecular weight is 409 g/mol. The van der Waals surface area contributed by atoms with Gasteiger partial charge in [0.05, 0.1) is 11.3 Å². The minimum absolute atomic E-state index is 0.171. The fourth-order valence-electron chi connectivity index (χ4n) is 2.79. The Morgan fingerprint density at radius 3 is 2.45 bits per heavy atom. The molecule has 0 spiro atoms. The van der Waals surface area contributed by atoms with Gasteiger partial charge in [0.15, 0.2) is 11.0 Å². The second-order valence-electron chi connectivity index (χ2n) is 6.93. The Morgan fingerprint density at radius 2 is 1.76 bits per heavy atom. The quantitative estimate of drug-likeness (QED) is 0.409. The van der Waals surface area contributed by atoms with E-state index in [0.717, 1.165) is 11.3 Å². The van der Waals surface area contributed by atoms with E-state index < -0.39 is 0 Å². The standard InChI is InChI=1S/C21H20FN5OS/c1-13(2)20-25-23-18(28-20)12-29-21-26-24-19(16-6-4-5-7-17(16)22)27(21)15-10-8-14(3)9-11-15/h4-11,13H,12H2,1-3H3. The van der Waals surface area contributed by atoms with Gasteiger partial charge >= 0.3 is 0 Å². The van der Waals surface area contributed by atoms with Crippen LogP contribution in [0.2, 0.25) is 0 Å². The number of thioether (sulfide) groups is 1. The first-order valence-electron chi connectivity index (χ1n) is 9.25. The largest absolute Gasteiger partial charge is 0.424 e. The molecule has 8 heteroatoms. The molecule has 0 amide bonds. The number of rotatable bonds is 6. The highest BCUT2D eigenvalue weighted by Crippen LogP contribution is 2.31. The van der Waals surface area contributed by atoms with Gasteiger partial charge in [-0.3, -0.25) is 4.57 Å². The fourth-order valence-corrected chi connectivity index (χ4v) is 3.58. The Kier molecular flexibility index (Phi) is 5.44. The number of halogens is 1. The summed E-state index contributed by atoms with van der Waals surface area (Å²) in [6.45, 7) is 6.02. The Morgan fingerprint density at radius 1 is 1.00 bits per heavy atom. The number of aryl methyl sites for hydroxylation is 1. The van der Waals surface area contributed by atoms with E-state index in [0.29, 0.717) is 34.1 Å². The Hall–Kier alpha value is -3.00. The molecule has 0 fully saturated rings. The molecule has 2 aromatic carbocycles. The van der Waals surface area contributed by atoms with Crippen LogP contribution >= 0.6 is 11.8 Å². The van der Waals surface area contributed by atoms with Crippen LogP contribution in [0.25, 0.3) is 17.1 Å². The highest BCUT2D eigenvalue weighted by Gasteiger charge is 2.19. The van der Waals surface area contributed by atoms with Crippen LogP contribution in [0.15, 0.2) is 58.1 Å². The third-order valence-corrected chi connectivity index (χ3v) is 5.26. The van der Waals surface area contributed by atoms with Gasteiger partial charge in [0, 0.05) is 11.6 Å². The van der Waals surface area contributed by atoms with Gasteiger partial charge in [-0.2, -0.15) is 0 Å². The van der Waals surface area contributed by atoms with Crippen LogP contribution in [0.4, 0.5) is 4.39 Å². The van der Waals surface area contributed by atoms with E-state index in [9.17, 15) is 4.39 Å². The molecule has 6 nitrogen and oxygen atoms in total. The van der Waals surface area contributed by atoms with Crippen LogP contribution in [0.1, 0.15) is 37.1 Å². The maximum atomic E-state index is 14.5. The molecule has 0 aliphatic rings. The highest BCUT2D eigenvalue weighted by atomic mass is 32.2. The average Bonchev–Trinajstić information content (AvgIpc) is 3.34. The van der Waals surface area contributed by atoms with Gasteiger partial charge in [-0.05, 0) is 31.2 Å². The molecule has 0 saturated carbocycles. The maximum absolute atomic E-state index is 14.5. The maximum Gasteiger partial charge on any atom is 0.226 e. The molecular weight excluding hydrogens is 389 g/mol. The first kappa shape index (κ1) is 19.3. The summed E-state index contributed by atoms with van der Waals surface area (Å²) < 4.78 is 22.0. The fraction of sp³-hybridized carbons (Fsp3) is 0.238. The first-order valence-corrected chi connectivity index (χ1v) is 10.2. The van der Waals surface area contributed by atoms with Crippen molar-refractivity contribution in [2.45, 2.75) is 37.6 Å². The summed E-state index contributed by atoms with van der Waals surface area (Å²) >= 11 is 1.42. The van der Waals surface area contributed by atoms with Gasteiger partial charge < -0.3 is 4.42 Å². The third kappa shape index (κ3) is 4.07. The zero-order valence-electron chi connectivity index (χ0n) is 16.3. The van der Waals surface area contributed by atoms with Crippen LogP contribution in [-0.2, 0) is 5.75 Å². The van der Waals surface area contributed by atoms with E-state index in [1.54, 1.807) is 18.2 Å². The molecule has 0 unspecified atom stereocenters. The monoisotopic (exact) mass is 409 g/mol. The molecule has 0 aliphatic heterocycles. The smallest absolute Gasteiger partial charge is 0.226 e. The molecule has 0 bridgehead atoms. The SMILES string of the molecule is Cc1ccc(-n2c(SCc3nnc(C(C)C)o3)nnc2-c2ccccc2F)cc1. The lowest BCUT2D eigenvalue weighted by Gasteiger charge is -2.11. The van der Waals surface area contributed by atoms with Crippen LogP contribution in [-0.4, -0.2) is 25.0 Å². The number of nitrogens with zero attached hydrogens (tertiary/aromatic N) is 5. The van der Waals surface area contributed by atoms with Crippen molar-refractivity contribution in [1.29, 1.82) is 0 Å².